The predicted octanol–water partition coefficient (Wildman–Crippen LogP) is 1.03. The van der Waals surface area contributed by atoms with Gasteiger partial charge in [0.15, 0.2) is 0 Å². The summed E-state index contributed by atoms with van der Waals surface area (Å²) < 4.78 is 0.767. The van der Waals surface area contributed by atoms with Crippen LogP contribution in [-0.2, 0) is 0 Å². The third-order valence-corrected chi connectivity index (χ3v) is 1.24. The van der Waals surface area contributed by atoms with Crippen LogP contribution in [0.5, 0.6) is 0 Å². The van der Waals surface area contributed by atoms with Crippen molar-refractivity contribution in [1.82, 2.24) is 0 Å². The molecule has 54 valence electrons. The summed E-state index contributed by atoms with van der Waals surface area (Å²) in [4.78, 5) is 0. The Labute approximate surface area is 63.3 Å². The summed E-state index contributed by atoms with van der Waals surface area (Å²) in [6.07, 6.45) is 0.479. The maximum Gasteiger partial charge on any atom is 0.0607 e. The van der Waals surface area contributed by atoms with Crippen molar-refractivity contribution in [2.45, 2.75) is 18.9 Å². The summed E-state index contributed by atoms with van der Waals surface area (Å²) in [6, 6.07) is 0. The van der Waals surface area contributed by atoms with Gasteiger partial charge in [-0.1, -0.05) is 22.5 Å². The lowest BCUT2D eigenvalue weighted by Crippen LogP contribution is -2.07. The van der Waals surface area contributed by atoms with Crippen molar-refractivity contribution in [2.24, 2.45) is 0 Å². The van der Waals surface area contributed by atoms with Crippen LogP contribution in [0, 0.1) is 0 Å². The van der Waals surface area contributed by atoms with Gasteiger partial charge in [0.25, 0.3) is 0 Å². The lowest BCUT2D eigenvalue weighted by Gasteiger charge is -2.05. The van der Waals surface area contributed by atoms with Crippen LogP contribution in [0.3, 0.4) is 0 Å². The molecule has 0 radical (unpaired) electrons. The third-order valence-electron chi connectivity index (χ3n) is 0.919. The first-order valence-electron chi connectivity index (χ1n) is 2.79. The highest BCUT2D eigenvalue weighted by Gasteiger charge is 2.02. The van der Waals surface area contributed by atoms with Crippen molar-refractivity contribution < 1.29 is 10.2 Å². The van der Waals surface area contributed by atoms with E-state index in [2.05, 4.69) is 22.5 Å². The fourth-order valence-electron chi connectivity index (χ4n) is 0.507. The van der Waals surface area contributed by atoms with Gasteiger partial charge in [-0.3, -0.25) is 0 Å². The molecule has 0 aliphatic rings. The Hall–Kier alpha value is 0.140. The van der Waals surface area contributed by atoms with E-state index in [0.29, 0.717) is 12.8 Å². The Kier molecular flexibility index (Phi) is 5.04. The Morgan fingerprint density at radius 2 is 2.22 bits per heavy atom. The summed E-state index contributed by atoms with van der Waals surface area (Å²) in [6.45, 7) is 3.58. The minimum Gasteiger partial charge on any atom is -0.396 e. The second kappa shape index (κ2) is 4.97. The summed E-state index contributed by atoms with van der Waals surface area (Å²) in [5.74, 6) is 0. The smallest absolute Gasteiger partial charge is 0.0607 e. The number of hydrogen-bond donors (Lipinski definition) is 2. The largest absolute Gasteiger partial charge is 0.396 e. The summed E-state index contributed by atoms with van der Waals surface area (Å²) in [5.41, 5.74) is 0. The minimum absolute atomic E-state index is 0.0292. The topological polar surface area (TPSA) is 40.5 Å². The van der Waals surface area contributed by atoms with Gasteiger partial charge in [0, 0.05) is 13.0 Å². The summed E-state index contributed by atoms with van der Waals surface area (Å²) >= 11 is 3.11. The zero-order chi connectivity index (χ0) is 7.28. The summed E-state index contributed by atoms with van der Waals surface area (Å²) in [5, 5.41) is 17.3. The van der Waals surface area contributed by atoms with E-state index in [1.807, 2.05) is 0 Å². The van der Waals surface area contributed by atoms with Crippen LogP contribution < -0.4 is 0 Å². The average molecular weight is 195 g/mol. The number of aliphatic hydroxyl groups excluding tert-OH is 2. The highest BCUT2D eigenvalue weighted by Crippen LogP contribution is 2.11. The molecule has 0 fully saturated rings. The highest BCUT2D eigenvalue weighted by atomic mass is 79.9. The van der Waals surface area contributed by atoms with Gasteiger partial charge in [0.1, 0.15) is 0 Å². The zero-order valence-electron chi connectivity index (χ0n) is 5.18. The van der Waals surface area contributed by atoms with E-state index < -0.39 is 6.10 Å². The number of aliphatic hydroxyl groups is 2. The molecule has 0 aliphatic heterocycles. The van der Waals surface area contributed by atoms with Gasteiger partial charge >= 0.3 is 0 Å². The van der Waals surface area contributed by atoms with Crippen molar-refractivity contribution in [3.63, 3.8) is 0 Å². The predicted molar refractivity (Wildman–Crippen MR) is 40.4 cm³/mol. The van der Waals surface area contributed by atoms with Gasteiger partial charge in [0.2, 0.25) is 0 Å². The molecule has 0 aromatic rings. The van der Waals surface area contributed by atoms with Crippen LogP contribution in [0.25, 0.3) is 0 Å². The fourth-order valence-corrected chi connectivity index (χ4v) is 0.880. The molecule has 0 heterocycles. The van der Waals surface area contributed by atoms with Gasteiger partial charge in [0.05, 0.1) is 6.10 Å². The average Bonchev–Trinajstić information content (AvgIpc) is 1.63. The molecule has 0 rings (SSSR count). The molecule has 0 bridgehead atoms. The quantitative estimate of drug-likeness (QED) is 0.703. The van der Waals surface area contributed by atoms with Gasteiger partial charge in [-0.05, 0) is 10.9 Å². The molecular formula is C6H11BrO2. The highest BCUT2D eigenvalue weighted by molar-refractivity contribution is 9.11. The van der Waals surface area contributed by atoms with Crippen molar-refractivity contribution in [1.29, 1.82) is 0 Å². The van der Waals surface area contributed by atoms with Gasteiger partial charge < -0.3 is 10.2 Å². The Bertz CT molecular complexity index is 93.1. The van der Waals surface area contributed by atoms with E-state index in [4.69, 9.17) is 10.2 Å². The van der Waals surface area contributed by atoms with Gasteiger partial charge in [-0.25, -0.2) is 0 Å². The molecule has 2 N–H and O–H groups in total. The third kappa shape index (κ3) is 6.02. The van der Waals surface area contributed by atoms with E-state index in [9.17, 15) is 0 Å². The molecule has 1 unspecified atom stereocenters. The lowest BCUT2D eigenvalue weighted by atomic mass is 10.2. The van der Waals surface area contributed by atoms with Crippen molar-refractivity contribution in [2.75, 3.05) is 6.61 Å². The second-order valence-corrected chi connectivity index (χ2v) is 3.01. The van der Waals surface area contributed by atoms with Gasteiger partial charge in [-0.15, -0.1) is 0 Å². The van der Waals surface area contributed by atoms with E-state index in [-0.39, 0.29) is 6.61 Å². The SMILES string of the molecule is C=C(Br)CC(O)CCO. The Balaban J connectivity index is 3.26. The maximum atomic E-state index is 8.97. The molecule has 3 heteroatoms. The molecule has 0 aromatic heterocycles. The first-order valence-corrected chi connectivity index (χ1v) is 3.58. The first kappa shape index (κ1) is 9.14. The molecule has 0 saturated carbocycles. The summed E-state index contributed by atoms with van der Waals surface area (Å²) in [7, 11) is 0. The van der Waals surface area contributed by atoms with Gasteiger partial charge in [-0.2, -0.15) is 0 Å². The molecule has 2 nitrogen and oxygen atoms in total. The molecule has 1 atom stereocenters. The number of halogens is 1. The van der Waals surface area contributed by atoms with E-state index in [0.717, 1.165) is 4.48 Å². The Morgan fingerprint density at radius 3 is 2.56 bits per heavy atom. The normalized spacial score (nSPS) is 13.2. The lowest BCUT2D eigenvalue weighted by molar-refractivity contribution is 0.135. The van der Waals surface area contributed by atoms with Crippen LogP contribution in [0.4, 0.5) is 0 Å². The molecule has 0 aromatic carbocycles. The van der Waals surface area contributed by atoms with E-state index >= 15 is 0 Å². The van der Waals surface area contributed by atoms with Crippen molar-refractivity contribution >= 4 is 15.9 Å². The molecule has 0 aliphatic carbocycles. The van der Waals surface area contributed by atoms with Crippen LogP contribution in [-0.4, -0.2) is 22.9 Å². The van der Waals surface area contributed by atoms with E-state index in [1.54, 1.807) is 0 Å². The second-order valence-electron chi connectivity index (χ2n) is 1.89. The number of hydrogen-bond acceptors (Lipinski definition) is 2. The first-order chi connectivity index (χ1) is 4.16. The monoisotopic (exact) mass is 194 g/mol. The molecular weight excluding hydrogens is 184 g/mol. The standard InChI is InChI=1S/C6H11BrO2/c1-5(7)4-6(9)2-3-8/h6,8-9H,1-4H2. The van der Waals surface area contributed by atoms with Crippen LogP contribution >= 0.6 is 15.9 Å². The minimum atomic E-state index is -0.457. The molecule has 0 amide bonds. The van der Waals surface area contributed by atoms with Crippen LogP contribution in [0.1, 0.15) is 12.8 Å². The Morgan fingerprint density at radius 1 is 1.67 bits per heavy atom. The fraction of sp³-hybridized carbons (Fsp3) is 0.667. The zero-order valence-corrected chi connectivity index (χ0v) is 6.76. The van der Waals surface area contributed by atoms with Crippen LogP contribution in [0.15, 0.2) is 11.1 Å². The maximum absolute atomic E-state index is 8.97. The molecule has 0 spiro atoms. The van der Waals surface area contributed by atoms with Crippen LogP contribution in [0.2, 0.25) is 0 Å². The molecule has 9 heavy (non-hydrogen) atoms. The van der Waals surface area contributed by atoms with E-state index in [1.165, 1.54) is 0 Å². The number of rotatable bonds is 4. The van der Waals surface area contributed by atoms with Crippen molar-refractivity contribution in [3.8, 4) is 0 Å². The van der Waals surface area contributed by atoms with Crippen molar-refractivity contribution in [3.05, 3.63) is 11.1 Å². The molecule has 0 saturated heterocycles.